The minimum Gasteiger partial charge on any atom is -0.350 e. The van der Waals surface area contributed by atoms with Gasteiger partial charge in [-0.25, -0.2) is 18.7 Å². The van der Waals surface area contributed by atoms with Gasteiger partial charge in [0.05, 0.1) is 11.6 Å². The van der Waals surface area contributed by atoms with Crippen molar-refractivity contribution in [2.24, 2.45) is 0 Å². The Hall–Kier alpha value is -3.39. The largest absolute Gasteiger partial charge is 0.350 e. The number of hydrogen-bond donors (Lipinski definition) is 1. The van der Waals surface area contributed by atoms with Crippen molar-refractivity contribution in [2.45, 2.75) is 45.3 Å². The minimum atomic E-state index is -2.87. The quantitative estimate of drug-likeness (QED) is 0.609. The van der Waals surface area contributed by atoms with Crippen molar-refractivity contribution in [3.8, 4) is 6.07 Å². The summed E-state index contributed by atoms with van der Waals surface area (Å²) in [5.41, 5.74) is 0.761. The van der Waals surface area contributed by atoms with Crippen LogP contribution in [0, 0.1) is 11.3 Å². The van der Waals surface area contributed by atoms with Crippen LogP contribution in [0.3, 0.4) is 0 Å². The van der Waals surface area contributed by atoms with Crippen molar-refractivity contribution >= 4 is 32.7 Å². The molecule has 1 aromatic carbocycles. The van der Waals surface area contributed by atoms with Gasteiger partial charge < -0.3 is 10.2 Å². The summed E-state index contributed by atoms with van der Waals surface area (Å²) in [4.78, 5) is 35.8. The molecule has 1 atom stereocenters. The Kier molecular flexibility index (Phi) is 6.14. The van der Waals surface area contributed by atoms with E-state index in [0.717, 1.165) is 27.9 Å². The van der Waals surface area contributed by atoms with E-state index in [-0.39, 0.29) is 29.3 Å². The normalized spacial score (nSPS) is 16.0. The maximum atomic E-state index is 13.4. The van der Waals surface area contributed by atoms with Gasteiger partial charge in [-0.15, -0.1) is 0 Å². The molecule has 0 saturated carbocycles. The summed E-state index contributed by atoms with van der Waals surface area (Å²) >= 11 is 1.04. The van der Waals surface area contributed by atoms with Crippen LogP contribution in [-0.2, 0) is 17.9 Å². The standard InChI is InChI=1S/C21H20F2N6O2S/c1-2-28-17(16(22)23)27-19-15(20(28)31)26-21(32-19)29-8-4-7-14(29)18(30)25-11-13-6-3-5-12(9-13)10-24/h3,5-6,9,14,16H,2,4,7-8,11H2,1H3,(H,25,30)/t14-/m1/s1. The number of nitriles is 1. The molecule has 3 aromatic rings. The van der Waals surface area contributed by atoms with Crippen molar-refractivity contribution in [2.75, 3.05) is 11.4 Å². The SMILES string of the molecule is CCn1c(C(F)F)nc2sc(N3CCC[C@@H]3C(=O)NCc3cccc(C#N)c3)nc2c1=O. The second-order valence-corrected chi connectivity index (χ2v) is 8.31. The lowest BCUT2D eigenvalue weighted by molar-refractivity contribution is -0.122. The molecular formula is C21H20F2N6O2S. The summed E-state index contributed by atoms with van der Waals surface area (Å²) in [6.07, 6.45) is -1.51. The second-order valence-electron chi connectivity index (χ2n) is 7.35. The van der Waals surface area contributed by atoms with Crippen molar-refractivity contribution in [1.82, 2.24) is 19.9 Å². The molecule has 0 bridgehead atoms. The fourth-order valence-electron chi connectivity index (χ4n) is 3.83. The van der Waals surface area contributed by atoms with E-state index in [1.54, 1.807) is 30.0 Å². The number of nitrogens with one attached hydrogen (secondary N) is 1. The van der Waals surface area contributed by atoms with Crippen molar-refractivity contribution in [3.05, 3.63) is 51.6 Å². The first-order valence-electron chi connectivity index (χ1n) is 10.2. The fourth-order valence-corrected chi connectivity index (χ4v) is 4.85. The Bertz CT molecular complexity index is 1270. The number of nitrogens with zero attached hydrogens (tertiary/aromatic N) is 5. The van der Waals surface area contributed by atoms with Gasteiger partial charge in [-0.05, 0) is 37.5 Å². The number of carbonyl (C=O) groups excluding carboxylic acids is 1. The topological polar surface area (TPSA) is 104 Å². The Morgan fingerprint density at radius 3 is 2.94 bits per heavy atom. The highest BCUT2D eigenvalue weighted by molar-refractivity contribution is 7.21. The second kappa shape index (κ2) is 9.00. The highest BCUT2D eigenvalue weighted by Crippen LogP contribution is 2.32. The van der Waals surface area contributed by atoms with Crippen LogP contribution < -0.4 is 15.8 Å². The average Bonchev–Trinajstić information content (AvgIpc) is 3.44. The van der Waals surface area contributed by atoms with Crippen LogP contribution in [0.15, 0.2) is 29.1 Å². The molecule has 1 aliphatic rings. The minimum absolute atomic E-state index is 0.0376. The lowest BCUT2D eigenvalue weighted by Gasteiger charge is -2.23. The number of anilines is 1. The maximum absolute atomic E-state index is 13.4. The van der Waals surface area contributed by atoms with Crippen molar-refractivity contribution in [1.29, 1.82) is 5.26 Å². The van der Waals surface area contributed by atoms with Crippen LogP contribution in [0.1, 0.15) is 43.1 Å². The van der Waals surface area contributed by atoms with Gasteiger partial charge in [-0.2, -0.15) is 5.26 Å². The summed E-state index contributed by atoms with van der Waals surface area (Å²) < 4.78 is 27.6. The predicted octanol–water partition coefficient (Wildman–Crippen LogP) is 2.97. The first-order valence-corrected chi connectivity index (χ1v) is 11.0. The molecule has 0 radical (unpaired) electrons. The molecule has 8 nitrogen and oxygen atoms in total. The third kappa shape index (κ3) is 4.05. The Morgan fingerprint density at radius 2 is 2.22 bits per heavy atom. The van der Waals surface area contributed by atoms with Crippen LogP contribution in [0.2, 0.25) is 0 Å². The van der Waals surface area contributed by atoms with Gasteiger partial charge in [-0.1, -0.05) is 23.5 Å². The van der Waals surface area contributed by atoms with Crippen molar-refractivity contribution < 1.29 is 13.6 Å². The number of aromatic nitrogens is 3. The molecule has 1 amide bonds. The van der Waals surface area contributed by atoms with Crippen LogP contribution in [-0.4, -0.2) is 33.0 Å². The number of rotatable bonds is 6. The number of hydrogen-bond acceptors (Lipinski definition) is 7. The van der Waals surface area contributed by atoms with Gasteiger partial charge in [-0.3, -0.25) is 14.2 Å². The van der Waals surface area contributed by atoms with E-state index >= 15 is 0 Å². The molecule has 0 unspecified atom stereocenters. The molecule has 11 heteroatoms. The predicted molar refractivity (Wildman–Crippen MR) is 116 cm³/mol. The molecule has 1 aliphatic heterocycles. The van der Waals surface area contributed by atoms with E-state index in [0.29, 0.717) is 23.7 Å². The van der Waals surface area contributed by atoms with Gasteiger partial charge in [0, 0.05) is 19.6 Å². The molecular weight excluding hydrogens is 438 g/mol. The number of carbonyl (C=O) groups is 1. The highest BCUT2D eigenvalue weighted by atomic mass is 32.1. The van der Waals surface area contributed by atoms with Crippen LogP contribution in [0.5, 0.6) is 0 Å². The van der Waals surface area contributed by atoms with E-state index < -0.39 is 23.9 Å². The van der Waals surface area contributed by atoms with Gasteiger partial charge in [0.2, 0.25) is 5.91 Å². The lowest BCUT2D eigenvalue weighted by Crippen LogP contribution is -2.43. The van der Waals surface area contributed by atoms with Crippen LogP contribution in [0.4, 0.5) is 13.9 Å². The Labute approximate surface area is 186 Å². The van der Waals surface area contributed by atoms with Gasteiger partial charge in [0.1, 0.15) is 6.04 Å². The van der Waals surface area contributed by atoms with Gasteiger partial charge in [0.25, 0.3) is 12.0 Å². The van der Waals surface area contributed by atoms with E-state index in [4.69, 9.17) is 5.26 Å². The average molecular weight is 458 g/mol. The smallest absolute Gasteiger partial charge is 0.295 e. The number of thiazole rings is 1. The van der Waals surface area contributed by atoms with Gasteiger partial charge >= 0.3 is 0 Å². The molecule has 3 heterocycles. The summed E-state index contributed by atoms with van der Waals surface area (Å²) in [5, 5.41) is 12.3. The highest BCUT2D eigenvalue weighted by Gasteiger charge is 2.33. The summed E-state index contributed by atoms with van der Waals surface area (Å²) in [7, 11) is 0. The maximum Gasteiger partial charge on any atom is 0.295 e. The molecule has 1 N–H and O–H groups in total. The number of alkyl halides is 2. The zero-order valence-electron chi connectivity index (χ0n) is 17.2. The fraction of sp³-hybridized carbons (Fsp3) is 0.381. The molecule has 32 heavy (non-hydrogen) atoms. The summed E-state index contributed by atoms with van der Waals surface area (Å²) in [6, 6.07) is 8.57. The summed E-state index contributed by atoms with van der Waals surface area (Å²) in [5.74, 6) is -0.771. The molecule has 0 spiro atoms. The molecule has 4 rings (SSSR count). The Morgan fingerprint density at radius 1 is 1.41 bits per heavy atom. The van der Waals surface area contributed by atoms with E-state index in [2.05, 4.69) is 21.4 Å². The molecule has 166 valence electrons. The molecule has 1 saturated heterocycles. The molecule has 0 aliphatic carbocycles. The van der Waals surface area contributed by atoms with Crippen molar-refractivity contribution in [3.63, 3.8) is 0 Å². The first kappa shape index (κ1) is 21.8. The van der Waals surface area contributed by atoms with E-state index in [1.807, 2.05) is 6.07 Å². The lowest BCUT2D eigenvalue weighted by atomic mass is 10.1. The number of amides is 1. The Balaban J connectivity index is 1.57. The van der Waals surface area contributed by atoms with Crippen LogP contribution in [0.25, 0.3) is 10.3 Å². The molecule has 2 aromatic heterocycles. The zero-order valence-corrected chi connectivity index (χ0v) is 18.0. The summed E-state index contributed by atoms with van der Waals surface area (Å²) in [6.45, 7) is 2.50. The third-order valence-corrected chi connectivity index (χ3v) is 6.36. The monoisotopic (exact) mass is 458 g/mol. The van der Waals surface area contributed by atoms with E-state index in [9.17, 15) is 18.4 Å². The number of fused-ring (bicyclic) bond motifs is 1. The number of halogens is 2. The van der Waals surface area contributed by atoms with E-state index in [1.165, 1.54) is 0 Å². The molecule has 1 fully saturated rings. The van der Waals surface area contributed by atoms with Gasteiger partial charge in [0.15, 0.2) is 21.3 Å². The number of benzene rings is 1. The van der Waals surface area contributed by atoms with Crippen LogP contribution >= 0.6 is 11.3 Å². The zero-order chi connectivity index (χ0) is 22.8. The third-order valence-electron chi connectivity index (χ3n) is 5.37. The first-order chi connectivity index (χ1) is 15.4.